The standard InChI is InChI=1S/C41H57N5O9.C3H8/c1-25(2)32-21-36(50)46(38(32)52)31-16-12-28(13-17-31)20-33(47)45-40(6,7)18-19-55-41(8,9)22-34(48)42-23-35(49)43-27(5)37(51)44-30-14-10-29(11-15-30)24-54-39(53)26(3)4;1-3-2/h10-17,25-27,32H,18-24H2,1-9H3,(H,42,48)(H,43,49)(H,44,51)(H,45,47);3H2,1-2H3. The van der Waals surface area contributed by atoms with Crippen LogP contribution in [0, 0.1) is 17.8 Å². The van der Waals surface area contributed by atoms with Crippen molar-refractivity contribution in [3.8, 4) is 0 Å². The summed E-state index contributed by atoms with van der Waals surface area (Å²) in [6.45, 7) is 20.4. The van der Waals surface area contributed by atoms with E-state index in [0.717, 1.165) is 11.1 Å². The highest BCUT2D eigenvalue weighted by Crippen LogP contribution is 2.31. The Bertz CT molecular complexity index is 1720. The van der Waals surface area contributed by atoms with Gasteiger partial charge in [-0.15, -0.1) is 0 Å². The number of benzene rings is 2. The average Bonchev–Trinajstić information content (AvgIpc) is 3.43. The smallest absolute Gasteiger partial charge is 0.308 e. The molecule has 1 heterocycles. The zero-order valence-electron chi connectivity index (χ0n) is 36.2. The van der Waals surface area contributed by atoms with Crippen LogP contribution >= 0.6 is 0 Å². The highest BCUT2D eigenvalue weighted by molar-refractivity contribution is 6.21. The van der Waals surface area contributed by atoms with Gasteiger partial charge < -0.3 is 30.7 Å². The fourth-order valence-corrected chi connectivity index (χ4v) is 5.76. The first kappa shape index (κ1) is 49.0. The molecule has 0 bridgehead atoms. The number of carbonyl (C=O) groups is 7. The largest absolute Gasteiger partial charge is 0.461 e. The fraction of sp³-hybridized carbons (Fsp3) is 0.568. The predicted molar refractivity (Wildman–Crippen MR) is 223 cm³/mol. The van der Waals surface area contributed by atoms with Crippen LogP contribution in [0.3, 0.4) is 0 Å². The van der Waals surface area contributed by atoms with Crippen LogP contribution in [0.25, 0.3) is 0 Å². The van der Waals surface area contributed by atoms with Gasteiger partial charge in [0.1, 0.15) is 12.6 Å². The first-order chi connectivity index (χ1) is 27.1. The third-order valence-electron chi connectivity index (χ3n) is 9.12. The summed E-state index contributed by atoms with van der Waals surface area (Å²) < 4.78 is 11.2. The summed E-state index contributed by atoms with van der Waals surface area (Å²) >= 11 is 0. The molecule has 1 aliphatic rings. The maximum absolute atomic E-state index is 12.9. The topological polar surface area (TPSA) is 189 Å². The number of hydrogen-bond acceptors (Lipinski definition) is 9. The highest BCUT2D eigenvalue weighted by atomic mass is 16.5. The normalized spacial score (nSPS) is 14.7. The lowest BCUT2D eigenvalue weighted by Crippen LogP contribution is -2.47. The summed E-state index contributed by atoms with van der Waals surface area (Å²) in [7, 11) is 0. The fourth-order valence-electron chi connectivity index (χ4n) is 5.76. The maximum Gasteiger partial charge on any atom is 0.308 e. The van der Waals surface area contributed by atoms with Crippen LogP contribution in [-0.4, -0.2) is 71.7 Å². The van der Waals surface area contributed by atoms with E-state index in [9.17, 15) is 33.6 Å². The number of imide groups is 1. The SMILES string of the molecule is CC(C)C(=O)OCc1ccc(NC(=O)C(C)NC(=O)CNC(=O)CC(C)(C)OCCC(C)(C)NC(=O)Cc2ccc(N3C(=O)CC(C(C)C)C3=O)cc2)cc1.CCC. The quantitative estimate of drug-likeness (QED) is 0.103. The lowest BCUT2D eigenvalue weighted by atomic mass is 9.94. The monoisotopic (exact) mass is 807 g/mol. The van der Waals surface area contributed by atoms with Gasteiger partial charge in [0.05, 0.1) is 42.5 Å². The minimum atomic E-state index is -0.878. The van der Waals surface area contributed by atoms with Gasteiger partial charge in [-0.2, -0.15) is 0 Å². The third kappa shape index (κ3) is 16.8. The number of ether oxygens (including phenoxy) is 2. The molecule has 0 radical (unpaired) electrons. The lowest BCUT2D eigenvalue weighted by molar-refractivity contribution is -0.148. The number of amides is 6. The Labute approximate surface area is 343 Å². The van der Waals surface area contributed by atoms with Gasteiger partial charge in [0.15, 0.2) is 0 Å². The van der Waals surface area contributed by atoms with Gasteiger partial charge in [-0.1, -0.05) is 72.2 Å². The Morgan fingerprint density at radius 2 is 1.41 bits per heavy atom. The molecule has 2 aromatic carbocycles. The van der Waals surface area contributed by atoms with Gasteiger partial charge in [-0.25, -0.2) is 0 Å². The molecule has 1 saturated heterocycles. The number of carbonyl (C=O) groups excluding carboxylic acids is 7. The van der Waals surface area contributed by atoms with Crippen molar-refractivity contribution in [3.63, 3.8) is 0 Å². The van der Waals surface area contributed by atoms with E-state index in [1.165, 1.54) is 18.2 Å². The molecule has 4 N–H and O–H groups in total. The van der Waals surface area contributed by atoms with Crippen LogP contribution in [0.5, 0.6) is 0 Å². The van der Waals surface area contributed by atoms with Crippen molar-refractivity contribution in [2.24, 2.45) is 17.8 Å². The second-order valence-electron chi connectivity index (χ2n) is 16.7. The van der Waals surface area contributed by atoms with Gasteiger partial charge in [-0.05, 0) is 82.3 Å². The number of hydrogen-bond donors (Lipinski definition) is 4. The minimum Gasteiger partial charge on any atom is -0.461 e. The van der Waals surface area contributed by atoms with Crippen LogP contribution in [-0.2, 0) is 56.1 Å². The van der Waals surface area contributed by atoms with E-state index in [4.69, 9.17) is 9.47 Å². The molecule has 14 nitrogen and oxygen atoms in total. The summed E-state index contributed by atoms with van der Waals surface area (Å²) in [4.78, 5) is 88.7. The molecule has 6 amide bonds. The lowest BCUT2D eigenvalue weighted by Gasteiger charge is -2.30. The molecular weight excluding hydrogens is 743 g/mol. The predicted octanol–water partition coefficient (Wildman–Crippen LogP) is 5.61. The first-order valence-electron chi connectivity index (χ1n) is 20.1. The van der Waals surface area contributed by atoms with E-state index in [-0.39, 0.29) is 80.5 Å². The molecule has 58 heavy (non-hydrogen) atoms. The summed E-state index contributed by atoms with van der Waals surface area (Å²) in [5.74, 6) is -2.79. The second kappa shape index (κ2) is 22.7. The van der Waals surface area contributed by atoms with Crippen LogP contribution in [0.4, 0.5) is 11.4 Å². The summed E-state index contributed by atoms with van der Waals surface area (Å²) in [6.07, 6.45) is 1.99. The highest BCUT2D eigenvalue weighted by Gasteiger charge is 2.41. The van der Waals surface area contributed by atoms with Crippen molar-refractivity contribution < 1.29 is 43.0 Å². The molecule has 1 fully saturated rings. The molecule has 320 valence electrons. The van der Waals surface area contributed by atoms with Crippen molar-refractivity contribution in [2.45, 2.75) is 132 Å². The van der Waals surface area contributed by atoms with Crippen molar-refractivity contribution in [1.29, 1.82) is 0 Å². The van der Waals surface area contributed by atoms with Gasteiger partial charge in [0.25, 0.3) is 0 Å². The molecular formula is C44H65N5O9. The zero-order valence-corrected chi connectivity index (χ0v) is 36.2. The molecule has 3 rings (SSSR count). The first-order valence-corrected chi connectivity index (χ1v) is 20.1. The summed E-state index contributed by atoms with van der Waals surface area (Å²) in [6, 6.07) is 12.8. The molecule has 0 spiro atoms. The molecule has 2 unspecified atom stereocenters. The van der Waals surface area contributed by atoms with E-state index < -0.39 is 34.9 Å². The molecule has 0 aromatic heterocycles. The van der Waals surface area contributed by atoms with Crippen LogP contribution in [0.2, 0.25) is 0 Å². The average molecular weight is 808 g/mol. The molecule has 0 saturated carbocycles. The molecule has 1 aliphatic heterocycles. The van der Waals surface area contributed by atoms with Crippen LogP contribution in [0.1, 0.15) is 113 Å². The van der Waals surface area contributed by atoms with Crippen LogP contribution in [0.15, 0.2) is 48.5 Å². The van der Waals surface area contributed by atoms with E-state index in [1.54, 1.807) is 76.2 Å². The van der Waals surface area contributed by atoms with E-state index in [0.29, 0.717) is 17.8 Å². The summed E-state index contributed by atoms with van der Waals surface area (Å²) in [5.41, 5.74) is 1.01. The van der Waals surface area contributed by atoms with Crippen molar-refractivity contribution in [3.05, 3.63) is 59.7 Å². The molecule has 14 heteroatoms. The van der Waals surface area contributed by atoms with Crippen molar-refractivity contribution in [2.75, 3.05) is 23.4 Å². The zero-order chi connectivity index (χ0) is 43.8. The number of anilines is 2. The minimum absolute atomic E-state index is 0.0292. The number of nitrogens with zero attached hydrogens (tertiary/aromatic N) is 1. The third-order valence-corrected chi connectivity index (χ3v) is 9.12. The van der Waals surface area contributed by atoms with Gasteiger partial charge in [-0.3, -0.25) is 38.5 Å². The number of nitrogens with one attached hydrogen (secondary N) is 4. The van der Waals surface area contributed by atoms with E-state index >= 15 is 0 Å². The van der Waals surface area contributed by atoms with Crippen molar-refractivity contribution >= 4 is 52.8 Å². The second-order valence-corrected chi connectivity index (χ2v) is 16.7. The number of esters is 1. The molecule has 0 aliphatic carbocycles. The Balaban J connectivity index is 0.00000374. The molecule has 2 aromatic rings. The Hall–Kier alpha value is -5.11. The van der Waals surface area contributed by atoms with E-state index in [2.05, 4.69) is 35.1 Å². The molecule has 2 atom stereocenters. The van der Waals surface area contributed by atoms with Gasteiger partial charge in [0, 0.05) is 24.3 Å². The van der Waals surface area contributed by atoms with Gasteiger partial charge in [0.2, 0.25) is 35.4 Å². The maximum atomic E-state index is 12.9. The van der Waals surface area contributed by atoms with E-state index in [1.807, 2.05) is 27.7 Å². The van der Waals surface area contributed by atoms with Crippen molar-refractivity contribution in [1.82, 2.24) is 16.0 Å². The van der Waals surface area contributed by atoms with Crippen LogP contribution < -0.4 is 26.2 Å². The Morgan fingerprint density at radius 1 is 0.828 bits per heavy atom. The number of rotatable bonds is 19. The van der Waals surface area contributed by atoms with Gasteiger partial charge >= 0.3 is 5.97 Å². The Morgan fingerprint density at radius 3 is 1.97 bits per heavy atom. The Kier molecular flexibility index (Phi) is 19.2. The summed E-state index contributed by atoms with van der Waals surface area (Å²) in [5, 5.41) is 10.8.